The summed E-state index contributed by atoms with van der Waals surface area (Å²) in [6.45, 7) is 6.62. The molecule has 0 atom stereocenters. The molecule has 0 unspecified atom stereocenters. The summed E-state index contributed by atoms with van der Waals surface area (Å²) in [5.74, 6) is 0. The number of hydrogen-bond donors (Lipinski definition) is 0. The molecule has 1 saturated heterocycles. The maximum atomic E-state index is 2.48. The molecule has 0 N–H and O–H groups in total. The smallest absolute Gasteiger partial charge is 0.0784 e. The lowest BCUT2D eigenvalue weighted by Gasteiger charge is -2.37. The molecule has 122 valence electrons. The number of piperidine rings is 1. The van der Waals surface area contributed by atoms with Gasteiger partial charge in [-0.2, -0.15) is 0 Å². The zero-order valence-electron chi connectivity index (χ0n) is 14.1. The zero-order valence-corrected chi connectivity index (χ0v) is 14.9. The second-order valence-corrected chi connectivity index (χ2v) is 7.03. The van der Waals surface area contributed by atoms with E-state index < -0.39 is 0 Å². The van der Waals surface area contributed by atoms with Crippen LogP contribution in [-0.4, -0.2) is 31.2 Å². The second kappa shape index (κ2) is 13.0. The minimum Gasteiger partial charge on any atom is -1.00 e. The lowest BCUT2D eigenvalue weighted by molar-refractivity contribution is -0.914. The third-order valence-electron chi connectivity index (χ3n) is 4.95. The first-order chi connectivity index (χ1) is 9.27. The van der Waals surface area contributed by atoms with Crippen molar-refractivity contribution in [2.45, 2.75) is 90.4 Å². The van der Waals surface area contributed by atoms with E-state index in [4.69, 9.17) is 0 Å². The highest BCUT2D eigenvalue weighted by molar-refractivity contribution is 4.53. The fourth-order valence-corrected chi connectivity index (χ4v) is 3.48. The quantitative estimate of drug-likeness (QED) is 0.406. The maximum Gasteiger partial charge on any atom is 0.0784 e. The van der Waals surface area contributed by atoms with E-state index >= 15 is 0 Å². The molecule has 0 amide bonds. The van der Waals surface area contributed by atoms with Gasteiger partial charge in [0.05, 0.1) is 26.7 Å². The average molecular weight is 304 g/mol. The Morgan fingerprint density at radius 1 is 0.650 bits per heavy atom. The third kappa shape index (κ3) is 10.0. The van der Waals surface area contributed by atoms with Gasteiger partial charge in [-0.25, -0.2) is 0 Å². The Hall–Kier alpha value is 0.250. The van der Waals surface area contributed by atoms with E-state index in [0.717, 1.165) is 0 Å². The predicted molar refractivity (Wildman–Crippen MR) is 86.5 cm³/mol. The van der Waals surface area contributed by atoms with E-state index in [1.165, 1.54) is 108 Å². The van der Waals surface area contributed by atoms with Crippen molar-refractivity contribution >= 4 is 0 Å². The molecule has 0 saturated carbocycles. The molecule has 0 aromatic heterocycles. The Bertz CT molecular complexity index is 200. The topological polar surface area (TPSA) is 0 Å². The van der Waals surface area contributed by atoms with Crippen LogP contribution in [0.3, 0.4) is 0 Å². The Morgan fingerprint density at radius 3 is 1.60 bits per heavy atom. The SMILES string of the molecule is CCCCCCCCCCCC[N+]1(C)CCCCC1.[Cl-]. The fourth-order valence-electron chi connectivity index (χ4n) is 3.48. The van der Waals surface area contributed by atoms with Crippen LogP contribution in [0.2, 0.25) is 0 Å². The van der Waals surface area contributed by atoms with Crippen LogP contribution in [0, 0.1) is 0 Å². The van der Waals surface area contributed by atoms with Crippen molar-refractivity contribution in [3.8, 4) is 0 Å². The van der Waals surface area contributed by atoms with Gasteiger partial charge >= 0.3 is 0 Å². The fraction of sp³-hybridized carbons (Fsp3) is 1.00. The molecule has 1 fully saturated rings. The van der Waals surface area contributed by atoms with E-state index in [0.29, 0.717) is 0 Å². The van der Waals surface area contributed by atoms with Crippen LogP contribution >= 0.6 is 0 Å². The van der Waals surface area contributed by atoms with Crippen molar-refractivity contribution in [3.63, 3.8) is 0 Å². The van der Waals surface area contributed by atoms with Gasteiger partial charge in [-0.05, 0) is 32.1 Å². The van der Waals surface area contributed by atoms with Crippen molar-refractivity contribution in [2.24, 2.45) is 0 Å². The van der Waals surface area contributed by atoms with Gasteiger partial charge < -0.3 is 16.9 Å². The Balaban J connectivity index is 0.00000361. The highest BCUT2D eigenvalue weighted by Gasteiger charge is 2.23. The minimum absolute atomic E-state index is 0. The summed E-state index contributed by atoms with van der Waals surface area (Å²) < 4.78 is 1.37. The van der Waals surface area contributed by atoms with E-state index in [1.807, 2.05) is 0 Å². The monoisotopic (exact) mass is 303 g/mol. The molecule has 1 aliphatic rings. The van der Waals surface area contributed by atoms with Gasteiger partial charge in [0.1, 0.15) is 0 Å². The molecule has 0 spiro atoms. The summed E-state index contributed by atoms with van der Waals surface area (Å²) in [6, 6.07) is 0. The average Bonchev–Trinajstić information content (AvgIpc) is 2.42. The number of rotatable bonds is 11. The molecule has 0 aromatic carbocycles. The number of quaternary nitrogens is 1. The first-order valence-corrected chi connectivity index (χ1v) is 9.10. The maximum absolute atomic E-state index is 2.48. The van der Waals surface area contributed by atoms with Crippen LogP contribution in [0.25, 0.3) is 0 Å². The summed E-state index contributed by atoms with van der Waals surface area (Å²) in [4.78, 5) is 0. The molecular formula is C18H38ClN. The normalized spacial score (nSPS) is 17.7. The largest absolute Gasteiger partial charge is 1.00 e. The molecule has 20 heavy (non-hydrogen) atoms. The number of likely N-dealkylation sites (tertiary alicyclic amines) is 1. The van der Waals surface area contributed by atoms with Crippen LogP contribution < -0.4 is 12.4 Å². The van der Waals surface area contributed by atoms with Gasteiger partial charge in [-0.1, -0.05) is 58.3 Å². The highest BCUT2D eigenvalue weighted by Crippen LogP contribution is 2.18. The van der Waals surface area contributed by atoms with E-state index in [9.17, 15) is 0 Å². The molecule has 0 bridgehead atoms. The lowest BCUT2D eigenvalue weighted by Crippen LogP contribution is -3.00. The second-order valence-electron chi connectivity index (χ2n) is 7.03. The van der Waals surface area contributed by atoms with E-state index in [-0.39, 0.29) is 12.4 Å². The number of halogens is 1. The molecule has 1 rings (SSSR count). The Kier molecular flexibility index (Phi) is 13.1. The Labute approximate surface area is 134 Å². The van der Waals surface area contributed by atoms with Gasteiger partial charge in [0.2, 0.25) is 0 Å². The minimum atomic E-state index is 0. The number of hydrogen-bond acceptors (Lipinski definition) is 0. The van der Waals surface area contributed by atoms with Crippen LogP contribution in [0.1, 0.15) is 90.4 Å². The van der Waals surface area contributed by atoms with Crippen LogP contribution in [-0.2, 0) is 0 Å². The van der Waals surface area contributed by atoms with Gasteiger partial charge in [-0.15, -0.1) is 0 Å². The van der Waals surface area contributed by atoms with Gasteiger partial charge in [0.25, 0.3) is 0 Å². The molecule has 2 heteroatoms. The first-order valence-electron chi connectivity index (χ1n) is 9.10. The van der Waals surface area contributed by atoms with E-state index in [1.54, 1.807) is 0 Å². The van der Waals surface area contributed by atoms with Crippen molar-refractivity contribution in [1.29, 1.82) is 0 Å². The number of nitrogens with zero attached hydrogens (tertiary/aromatic N) is 1. The standard InChI is InChI=1S/C18H38N.ClH/c1-3-4-5-6-7-8-9-10-11-13-16-19(2)17-14-12-15-18-19;/h3-18H2,1-2H3;1H/q+1;/p-1. The third-order valence-corrected chi connectivity index (χ3v) is 4.95. The highest BCUT2D eigenvalue weighted by atomic mass is 35.5. The van der Waals surface area contributed by atoms with Crippen molar-refractivity contribution in [1.82, 2.24) is 0 Å². The van der Waals surface area contributed by atoms with Crippen molar-refractivity contribution in [3.05, 3.63) is 0 Å². The summed E-state index contributed by atoms with van der Waals surface area (Å²) in [7, 11) is 2.48. The number of unbranched alkanes of at least 4 members (excludes halogenated alkanes) is 9. The molecule has 0 radical (unpaired) electrons. The van der Waals surface area contributed by atoms with Gasteiger partial charge in [0.15, 0.2) is 0 Å². The summed E-state index contributed by atoms with van der Waals surface area (Å²) in [5.41, 5.74) is 0. The van der Waals surface area contributed by atoms with Crippen LogP contribution in [0.15, 0.2) is 0 Å². The first kappa shape index (κ1) is 20.2. The lowest BCUT2D eigenvalue weighted by atomic mass is 10.0. The predicted octanol–water partition coefficient (Wildman–Crippen LogP) is 2.54. The summed E-state index contributed by atoms with van der Waals surface area (Å²) in [5, 5.41) is 0. The Morgan fingerprint density at radius 2 is 1.10 bits per heavy atom. The van der Waals surface area contributed by atoms with Crippen molar-refractivity contribution < 1.29 is 16.9 Å². The molecule has 1 aliphatic heterocycles. The summed E-state index contributed by atoms with van der Waals surface area (Å²) in [6.07, 6.45) is 19.0. The molecule has 1 nitrogen and oxygen atoms in total. The molecular weight excluding hydrogens is 266 g/mol. The molecule has 1 heterocycles. The van der Waals surface area contributed by atoms with Crippen LogP contribution in [0.5, 0.6) is 0 Å². The molecule has 0 aromatic rings. The summed E-state index contributed by atoms with van der Waals surface area (Å²) >= 11 is 0. The van der Waals surface area contributed by atoms with Crippen LogP contribution in [0.4, 0.5) is 0 Å². The van der Waals surface area contributed by atoms with Crippen molar-refractivity contribution in [2.75, 3.05) is 26.7 Å². The molecule has 0 aliphatic carbocycles. The van der Waals surface area contributed by atoms with Gasteiger partial charge in [-0.3, -0.25) is 0 Å². The zero-order chi connectivity index (χ0) is 13.8. The van der Waals surface area contributed by atoms with Gasteiger partial charge in [0, 0.05) is 0 Å². The van der Waals surface area contributed by atoms with E-state index in [2.05, 4.69) is 14.0 Å².